The monoisotopic (exact) mass is 526 g/mol. The molecule has 0 aliphatic carbocycles. The fraction of sp³-hybridized carbons (Fsp3) is 0.519. The molecule has 2 unspecified atom stereocenters. The van der Waals surface area contributed by atoms with Crippen molar-refractivity contribution in [2.75, 3.05) is 46.8 Å². The Morgan fingerprint density at radius 3 is 2.70 bits per heavy atom. The van der Waals surface area contributed by atoms with Crippen molar-refractivity contribution in [1.29, 1.82) is 0 Å². The molecular weight excluding hydrogens is 491 g/mol. The van der Waals surface area contributed by atoms with Gasteiger partial charge in [0.1, 0.15) is 23.6 Å². The quantitative estimate of drug-likeness (QED) is 0.446. The molecule has 2 aliphatic heterocycles. The number of aliphatic hydroxyl groups excluding tert-OH is 1. The summed E-state index contributed by atoms with van der Waals surface area (Å²) in [5, 5.41) is 15.2. The Bertz CT molecular complexity index is 1260. The van der Waals surface area contributed by atoms with Crippen molar-refractivity contribution < 1.29 is 14.0 Å². The number of rotatable bonds is 7. The number of hydrogen-bond acceptors (Lipinski definition) is 8. The summed E-state index contributed by atoms with van der Waals surface area (Å²) in [5.74, 6) is 3.18. The average molecular weight is 527 g/mol. The minimum atomic E-state index is -1.31. The summed E-state index contributed by atoms with van der Waals surface area (Å²) in [6.07, 6.45) is 3.44. The first kappa shape index (κ1) is 25.9. The predicted octanol–water partition coefficient (Wildman–Crippen LogP) is 4.00. The Kier molecular flexibility index (Phi) is 7.42. The second-order valence-corrected chi connectivity index (χ2v) is 12.0. The molecule has 2 fully saturated rings. The summed E-state index contributed by atoms with van der Waals surface area (Å²) in [7, 11) is 0. The highest BCUT2D eigenvalue weighted by Gasteiger charge is 2.38. The van der Waals surface area contributed by atoms with Crippen LogP contribution in [0, 0.1) is 5.92 Å². The lowest BCUT2D eigenvalue weighted by atomic mass is 9.88. The Morgan fingerprint density at radius 1 is 1.19 bits per heavy atom. The van der Waals surface area contributed by atoms with E-state index < -0.39 is 23.5 Å². The predicted molar refractivity (Wildman–Crippen MR) is 148 cm³/mol. The normalized spacial score (nSPS) is 24.9. The maximum Gasteiger partial charge on any atom is 0.227 e. The van der Waals surface area contributed by atoms with Crippen LogP contribution in [0.3, 0.4) is 0 Å². The Balaban J connectivity index is 1.41. The smallest absolute Gasteiger partial charge is 0.227 e. The number of nitrogens with zero attached hydrogens (tertiary/aromatic N) is 5. The van der Waals surface area contributed by atoms with Gasteiger partial charge in [-0.2, -0.15) is 4.98 Å². The Hall–Kier alpha value is -2.69. The van der Waals surface area contributed by atoms with Crippen LogP contribution in [0.4, 0.5) is 27.7 Å². The number of anilines is 4. The minimum absolute atomic E-state index is 0.0727. The van der Waals surface area contributed by atoms with Crippen molar-refractivity contribution in [1.82, 2.24) is 15.0 Å². The third-order valence-electron chi connectivity index (χ3n) is 7.59. The van der Waals surface area contributed by atoms with Crippen LogP contribution in [0.1, 0.15) is 38.7 Å². The van der Waals surface area contributed by atoms with Crippen LogP contribution in [-0.2, 0) is 11.2 Å². The largest absolute Gasteiger partial charge is 0.617 e. The fourth-order valence-electron chi connectivity index (χ4n) is 5.34. The molecule has 0 saturated carbocycles. The van der Waals surface area contributed by atoms with Gasteiger partial charge in [0.25, 0.3) is 0 Å². The molecule has 0 bridgehead atoms. The van der Waals surface area contributed by atoms with Crippen LogP contribution in [0.5, 0.6) is 0 Å². The van der Waals surface area contributed by atoms with Crippen molar-refractivity contribution in [2.45, 2.75) is 51.4 Å². The molecule has 198 valence electrons. The second kappa shape index (κ2) is 10.6. The number of fused-ring (bicyclic) bond motifs is 1. The van der Waals surface area contributed by atoms with Gasteiger partial charge in [0.15, 0.2) is 0 Å². The summed E-state index contributed by atoms with van der Waals surface area (Å²) < 4.78 is 25.8. The van der Waals surface area contributed by atoms with E-state index in [-0.39, 0.29) is 6.54 Å². The molecular formula is C27H35FN6O2S. The van der Waals surface area contributed by atoms with Crippen LogP contribution in [0.25, 0.3) is 10.8 Å². The number of halogens is 1. The number of piperidine rings is 1. The average Bonchev–Trinajstić information content (AvgIpc) is 2.87. The first-order valence-corrected chi connectivity index (χ1v) is 14.6. The molecule has 2 saturated heterocycles. The van der Waals surface area contributed by atoms with Crippen LogP contribution in [-0.4, -0.2) is 74.6 Å². The van der Waals surface area contributed by atoms with Crippen molar-refractivity contribution in [2.24, 2.45) is 5.92 Å². The van der Waals surface area contributed by atoms with Crippen LogP contribution < -0.4 is 15.1 Å². The zero-order chi connectivity index (χ0) is 26.3. The lowest BCUT2D eigenvalue weighted by molar-refractivity contribution is 0.0612. The highest BCUT2D eigenvalue weighted by Crippen LogP contribution is 2.39. The summed E-state index contributed by atoms with van der Waals surface area (Å²) in [5.41, 5.74) is 2.40. The van der Waals surface area contributed by atoms with Gasteiger partial charge >= 0.3 is 0 Å². The van der Waals surface area contributed by atoms with E-state index in [4.69, 9.17) is 4.98 Å². The Morgan fingerprint density at radius 2 is 2.00 bits per heavy atom. The van der Waals surface area contributed by atoms with Gasteiger partial charge in [0, 0.05) is 48.5 Å². The lowest BCUT2D eigenvalue weighted by Crippen LogP contribution is -2.57. The maximum atomic E-state index is 14.0. The first-order chi connectivity index (χ1) is 17.7. The number of nitrogens with one attached hydrogen (secondary N) is 1. The van der Waals surface area contributed by atoms with Gasteiger partial charge in [-0.25, -0.2) is 14.4 Å². The highest BCUT2D eigenvalue weighted by atomic mass is 32.2. The molecule has 1 aromatic carbocycles. The first-order valence-electron chi connectivity index (χ1n) is 12.9. The van der Waals surface area contributed by atoms with Gasteiger partial charge in [0.2, 0.25) is 5.95 Å². The number of hydrogen-bond donors (Lipinski definition) is 2. The van der Waals surface area contributed by atoms with Gasteiger partial charge in [0.05, 0.1) is 18.9 Å². The molecule has 0 radical (unpaired) electrons. The van der Waals surface area contributed by atoms with Crippen molar-refractivity contribution in [3.05, 3.63) is 42.2 Å². The number of aliphatic hydroxyl groups is 1. The van der Waals surface area contributed by atoms with Gasteiger partial charge in [-0.15, -0.1) is 0 Å². The molecule has 37 heavy (non-hydrogen) atoms. The molecule has 2 aromatic heterocycles. The number of alkyl halides is 1. The van der Waals surface area contributed by atoms with Crippen LogP contribution in [0.15, 0.2) is 36.7 Å². The highest BCUT2D eigenvalue weighted by molar-refractivity contribution is 7.90. The van der Waals surface area contributed by atoms with Gasteiger partial charge in [-0.05, 0) is 48.4 Å². The molecule has 0 spiro atoms. The summed E-state index contributed by atoms with van der Waals surface area (Å²) in [6.45, 7) is 8.05. The second-order valence-electron chi connectivity index (χ2n) is 10.5. The van der Waals surface area contributed by atoms with E-state index in [9.17, 15) is 14.0 Å². The van der Waals surface area contributed by atoms with Crippen molar-refractivity contribution in [3.8, 4) is 0 Å². The van der Waals surface area contributed by atoms with Gasteiger partial charge in [-0.3, -0.25) is 0 Å². The van der Waals surface area contributed by atoms with Gasteiger partial charge < -0.3 is 24.8 Å². The van der Waals surface area contributed by atoms with E-state index in [2.05, 4.69) is 59.2 Å². The SMILES string of the molecule is CC(C)c1ccc(N2C[C@H](C[S@@+](C)[O-])[C@H]2C)c2cnc(Nc3ccnc(N4CCC(O)C(F)C4)n3)cc12. The number of aromatic nitrogens is 3. The van der Waals surface area contributed by atoms with E-state index in [1.165, 1.54) is 5.56 Å². The summed E-state index contributed by atoms with van der Waals surface area (Å²) in [4.78, 5) is 17.7. The maximum absolute atomic E-state index is 14.0. The molecule has 3 aromatic rings. The fourth-order valence-corrected chi connectivity index (χ4v) is 6.33. The molecule has 2 N–H and O–H groups in total. The van der Waals surface area contributed by atoms with Gasteiger partial charge in [-0.1, -0.05) is 31.1 Å². The van der Waals surface area contributed by atoms with E-state index in [1.807, 2.05) is 6.20 Å². The minimum Gasteiger partial charge on any atom is -0.617 e. The van der Waals surface area contributed by atoms with Crippen molar-refractivity contribution >= 4 is 45.2 Å². The topological polar surface area (TPSA) is 100 Å². The van der Waals surface area contributed by atoms with Crippen LogP contribution in [0.2, 0.25) is 0 Å². The van der Waals surface area contributed by atoms with Crippen LogP contribution >= 0.6 is 0 Å². The summed E-state index contributed by atoms with van der Waals surface area (Å²) >= 11 is -0.793. The van der Waals surface area contributed by atoms with Crippen molar-refractivity contribution in [3.63, 3.8) is 0 Å². The number of benzene rings is 1. The van der Waals surface area contributed by atoms with E-state index in [1.54, 1.807) is 23.4 Å². The third-order valence-corrected chi connectivity index (χ3v) is 8.48. The third kappa shape index (κ3) is 5.32. The zero-order valence-electron chi connectivity index (χ0n) is 21.8. The molecule has 0 amide bonds. The van der Waals surface area contributed by atoms with E-state index in [0.717, 1.165) is 28.8 Å². The Labute approximate surface area is 220 Å². The summed E-state index contributed by atoms with van der Waals surface area (Å²) in [6, 6.07) is 8.54. The molecule has 5 atom stereocenters. The standard InChI is InChI=1S/C27H35FN6O2S/c1-16(2)19-5-6-23(34-13-18(17(34)3)15-37(4)36)21-12-30-26(11-20(19)21)31-25-7-9-29-27(32-25)33-10-8-24(35)22(28)14-33/h5-7,9,11-12,16-18,22,24,35H,8,10,13-15H2,1-4H3,(H,29,30,31,32)/t17-,18-,22?,24?,37-/m1/s1. The molecule has 10 heteroatoms. The molecule has 4 heterocycles. The number of pyridine rings is 1. The van der Waals surface area contributed by atoms with E-state index >= 15 is 0 Å². The lowest BCUT2D eigenvalue weighted by Gasteiger charge is -2.48. The molecule has 8 nitrogen and oxygen atoms in total. The molecule has 5 rings (SSSR count). The zero-order valence-corrected chi connectivity index (χ0v) is 22.6. The van der Waals surface area contributed by atoms with E-state index in [0.29, 0.717) is 48.4 Å². The molecule has 2 aliphatic rings.